The third-order valence-corrected chi connectivity index (χ3v) is 5.85. The van der Waals surface area contributed by atoms with Gasteiger partial charge in [-0.25, -0.2) is 4.79 Å². The Balaban J connectivity index is 1.77. The molecule has 9 nitrogen and oxygen atoms in total. The van der Waals surface area contributed by atoms with Gasteiger partial charge in [0.25, 0.3) is 0 Å². The minimum atomic E-state index is -0.629. The van der Waals surface area contributed by atoms with Crippen LogP contribution in [0.5, 0.6) is 11.5 Å². The molecule has 28 heavy (non-hydrogen) atoms. The first-order valence-corrected chi connectivity index (χ1v) is 9.56. The summed E-state index contributed by atoms with van der Waals surface area (Å²) in [4.78, 5) is 14.1. The summed E-state index contributed by atoms with van der Waals surface area (Å²) in [7, 11) is 3.15. The van der Waals surface area contributed by atoms with Crippen LogP contribution in [0.4, 0.5) is 4.79 Å². The van der Waals surface area contributed by atoms with E-state index >= 15 is 0 Å². The van der Waals surface area contributed by atoms with E-state index in [0.717, 1.165) is 31.4 Å². The van der Waals surface area contributed by atoms with Crippen LogP contribution in [0.25, 0.3) is 5.69 Å². The van der Waals surface area contributed by atoms with Gasteiger partial charge in [-0.15, -0.1) is 5.10 Å². The SMILES string of the molecule is COC(=O)N(C)C1(c2nnnn2-c2ccc3c(c2)OCCO3)CCC(C)CC1. The van der Waals surface area contributed by atoms with Crippen LogP contribution < -0.4 is 9.47 Å². The zero-order valence-electron chi connectivity index (χ0n) is 16.4. The maximum Gasteiger partial charge on any atom is 0.410 e. The van der Waals surface area contributed by atoms with Crippen molar-refractivity contribution in [2.24, 2.45) is 5.92 Å². The molecule has 1 aliphatic heterocycles. The molecular weight excluding hydrogens is 362 g/mol. The second-order valence-corrected chi connectivity index (χ2v) is 7.49. The molecule has 2 aliphatic rings. The number of tetrazole rings is 1. The second-order valence-electron chi connectivity index (χ2n) is 7.49. The zero-order valence-corrected chi connectivity index (χ0v) is 16.4. The lowest BCUT2D eigenvalue weighted by molar-refractivity contribution is 0.0383. The Kier molecular flexibility index (Phi) is 4.82. The Morgan fingerprint density at radius 2 is 1.96 bits per heavy atom. The Morgan fingerprint density at radius 3 is 2.68 bits per heavy atom. The molecule has 150 valence electrons. The molecule has 0 bridgehead atoms. The fourth-order valence-corrected chi connectivity index (χ4v) is 4.08. The quantitative estimate of drug-likeness (QED) is 0.799. The van der Waals surface area contributed by atoms with Crippen LogP contribution in [0.3, 0.4) is 0 Å². The van der Waals surface area contributed by atoms with Gasteiger partial charge in [-0.2, -0.15) is 4.68 Å². The molecule has 1 aliphatic carbocycles. The number of methoxy groups -OCH3 is 1. The maximum absolute atomic E-state index is 12.4. The summed E-state index contributed by atoms with van der Waals surface area (Å²) in [6, 6.07) is 5.62. The maximum atomic E-state index is 12.4. The molecule has 2 aromatic rings. The Hall–Kier alpha value is -2.84. The smallest absolute Gasteiger partial charge is 0.410 e. The van der Waals surface area contributed by atoms with E-state index in [2.05, 4.69) is 22.4 Å². The van der Waals surface area contributed by atoms with Crippen molar-refractivity contribution in [2.75, 3.05) is 27.4 Å². The monoisotopic (exact) mass is 387 g/mol. The van der Waals surface area contributed by atoms with Gasteiger partial charge in [0.1, 0.15) is 18.8 Å². The van der Waals surface area contributed by atoms with Crippen molar-refractivity contribution in [3.8, 4) is 17.2 Å². The van der Waals surface area contributed by atoms with Gasteiger partial charge in [0.05, 0.1) is 12.8 Å². The Bertz CT molecular complexity index is 860. The molecule has 0 radical (unpaired) electrons. The van der Waals surface area contributed by atoms with E-state index in [1.165, 1.54) is 7.11 Å². The zero-order chi connectivity index (χ0) is 19.7. The van der Waals surface area contributed by atoms with Gasteiger partial charge in [-0.3, -0.25) is 4.90 Å². The van der Waals surface area contributed by atoms with E-state index in [1.54, 1.807) is 16.6 Å². The van der Waals surface area contributed by atoms with Crippen LogP contribution in [0.15, 0.2) is 18.2 Å². The number of carbonyl (C=O) groups excluding carboxylic acids is 1. The summed E-state index contributed by atoms with van der Waals surface area (Å²) in [6.45, 7) is 3.27. The fourth-order valence-electron chi connectivity index (χ4n) is 4.08. The number of nitrogens with zero attached hydrogens (tertiary/aromatic N) is 5. The number of hydrogen-bond donors (Lipinski definition) is 0. The van der Waals surface area contributed by atoms with Gasteiger partial charge >= 0.3 is 6.09 Å². The Morgan fingerprint density at radius 1 is 1.25 bits per heavy atom. The average molecular weight is 387 g/mol. The topological polar surface area (TPSA) is 91.6 Å². The van der Waals surface area contributed by atoms with E-state index in [4.69, 9.17) is 14.2 Å². The highest BCUT2D eigenvalue weighted by Gasteiger charge is 2.46. The third-order valence-electron chi connectivity index (χ3n) is 5.85. The number of carbonyl (C=O) groups is 1. The number of aromatic nitrogens is 4. The molecule has 1 fully saturated rings. The highest BCUT2D eigenvalue weighted by Crippen LogP contribution is 2.43. The van der Waals surface area contributed by atoms with Crippen molar-refractivity contribution >= 4 is 6.09 Å². The number of amides is 1. The lowest BCUT2D eigenvalue weighted by atomic mass is 9.75. The van der Waals surface area contributed by atoms with Gasteiger partial charge in [-0.05, 0) is 54.2 Å². The molecule has 1 aromatic heterocycles. The lowest BCUT2D eigenvalue weighted by Gasteiger charge is -2.43. The standard InChI is InChI=1S/C19H25N5O4/c1-13-6-8-19(9-7-13,23(2)18(25)26-3)17-20-21-22-24(17)14-4-5-15-16(12-14)28-11-10-27-15/h4-5,12-13H,6-11H2,1-3H3. The largest absolute Gasteiger partial charge is 0.486 e. The fraction of sp³-hybridized carbons (Fsp3) is 0.579. The summed E-state index contributed by atoms with van der Waals surface area (Å²) in [5, 5.41) is 12.5. The first-order valence-electron chi connectivity index (χ1n) is 9.56. The van der Waals surface area contributed by atoms with Crippen LogP contribution in [-0.2, 0) is 10.3 Å². The van der Waals surface area contributed by atoms with Crippen molar-refractivity contribution in [3.63, 3.8) is 0 Å². The molecule has 1 saturated carbocycles. The third kappa shape index (κ3) is 3.04. The highest BCUT2D eigenvalue weighted by atomic mass is 16.6. The van der Waals surface area contributed by atoms with Crippen LogP contribution >= 0.6 is 0 Å². The molecule has 0 atom stereocenters. The van der Waals surface area contributed by atoms with Gasteiger partial charge in [0, 0.05) is 13.1 Å². The van der Waals surface area contributed by atoms with E-state index < -0.39 is 11.6 Å². The average Bonchev–Trinajstić information content (AvgIpc) is 3.23. The van der Waals surface area contributed by atoms with Crippen molar-refractivity contribution in [1.82, 2.24) is 25.1 Å². The predicted octanol–water partition coefficient (Wildman–Crippen LogP) is 2.54. The second kappa shape index (κ2) is 7.29. The Labute approximate surface area is 163 Å². The molecule has 0 unspecified atom stereocenters. The normalized spacial score (nSPS) is 23.9. The summed E-state index contributed by atoms with van der Waals surface area (Å²) in [5.74, 6) is 2.59. The first-order chi connectivity index (χ1) is 13.5. The molecule has 4 rings (SSSR count). The van der Waals surface area contributed by atoms with Gasteiger partial charge < -0.3 is 14.2 Å². The molecule has 9 heteroatoms. The molecule has 1 aromatic carbocycles. The number of fused-ring (bicyclic) bond motifs is 1. The first kappa shape index (κ1) is 18.5. The number of rotatable bonds is 3. The van der Waals surface area contributed by atoms with Crippen molar-refractivity contribution in [2.45, 2.75) is 38.1 Å². The van der Waals surface area contributed by atoms with Crippen molar-refractivity contribution in [1.29, 1.82) is 0 Å². The molecular formula is C19H25N5O4. The number of ether oxygens (including phenoxy) is 3. The number of benzene rings is 1. The lowest BCUT2D eigenvalue weighted by Crippen LogP contribution is -2.50. The minimum absolute atomic E-state index is 0.397. The molecule has 0 spiro atoms. The minimum Gasteiger partial charge on any atom is -0.486 e. The summed E-state index contributed by atoms with van der Waals surface area (Å²) < 4.78 is 18.0. The molecule has 0 saturated heterocycles. The van der Waals surface area contributed by atoms with E-state index in [1.807, 2.05) is 18.2 Å². The van der Waals surface area contributed by atoms with Gasteiger partial charge in [-0.1, -0.05) is 6.92 Å². The van der Waals surface area contributed by atoms with E-state index in [0.29, 0.717) is 36.5 Å². The predicted molar refractivity (Wildman–Crippen MR) is 99.6 cm³/mol. The van der Waals surface area contributed by atoms with Crippen molar-refractivity contribution in [3.05, 3.63) is 24.0 Å². The van der Waals surface area contributed by atoms with Crippen LogP contribution in [-0.4, -0.2) is 58.6 Å². The summed E-state index contributed by atoms with van der Waals surface area (Å²) >= 11 is 0. The molecule has 1 amide bonds. The summed E-state index contributed by atoms with van der Waals surface area (Å²) in [6.07, 6.45) is 3.10. The highest BCUT2D eigenvalue weighted by molar-refractivity contribution is 5.68. The van der Waals surface area contributed by atoms with Crippen molar-refractivity contribution < 1.29 is 19.0 Å². The van der Waals surface area contributed by atoms with Crippen LogP contribution in [0.1, 0.15) is 38.4 Å². The van der Waals surface area contributed by atoms with Gasteiger partial charge in [0.2, 0.25) is 0 Å². The summed E-state index contributed by atoms with van der Waals surface area (Å²) in [5.41, 5.74) is 0.136. The van der Waals surface area contributed by atoms with E-state index in [-0.39, 0.29) is 0 Å². The number of hydrogen-bond acceptors (Lipinski definition) is 7. The molecule has 2 heterocycles. The van der Waals surface area contributed by atoms with E-state index in [9.17, 15) is 4.79 Å². The van der Waals surface area contributed by atoms with Crippen LogP contribution in [0.2, 0.25) is 0 Å². The van der Waals surface area contributed by atoms with Gasteiger partial charge in [0.15, 0.2) is 17.3 Å². The van der Waals surface area contributed by atoms with Crippen LogP contribution in [0, 0.1) is 5.92 Å². The molecule has 0 N–H and O–H groups in total.